The zero-order valence-electron chi connectivity index (χ0n) is 43.6. The Kier molecular flexibility index (Phi) is 26.8. The molecule has 4 aromatic rings. The third-order valence-corrected chi connectivity index (χ3v) is 13.0. The van der Waals surface area contributed by atoms with Crippen molar-refractivity contribution in [2.24, 2.45) is 5.92 Å². The monoisotopic (exact) mass is 1000 g/mol. The number of ether oxygens (including phenoxy) is 5. The number of likely N-dealkylation sites (tertiary alicyclic amines) is 3. The molecule has 0 unspecified atom stereocenters. The van der Waals surface area contributed by atoms with Gasteiger partial charge in [0.1, 0.15) is 49.7 Å². The van der Waals surface area contributed by atoms with Crippen molar-refractivity contribution >= 4 is 47.8 Å². The first kappa shape index (κ1) is 60.2. The van der Waals surface area contributed by atoms with E-state index in [1.807, 2.05) is 62.4 Å². The summed E-state index contributed by atoms with van der Waals surface area (Å²) in [7, 11) is 0.337. The fraction of sp³-hybridized carbons (Fsp3) is 0.500. The quantitative estimate of drug-likeness (QED) is 0.0865. The van der Waals surface area contributed by atoms with Gasteiger partial charge in [-0.3, -0.25) is 19.5 Å². The van der Waals surface area contributed by atoms with Gasteiger partial charge in [-0.05, 0) is 173 Å². The molecule has 15 nitrogen and oxygen atoms in total. The molecule has 8 rings (SSSR count). The topological polar surface area (TPSA) is 169 Å². The molecule has 0 aromatic heterocycles. The average molecular weight is 1000 g/mol. The number of carbonyl (C=O) groups is 3. The molecule has 4 aromatic carbocycles. The number of benzene rings is 4. The van der Waals surface area contributed by atoms with Gasteiger partial charge in [0.2, 0.25) is 0 Å². The van der Waals surface area contributed by atoms with Crippen LogP contribution in [0.5, 0.6) is 17.2 Å². The van der Waals surface area contributed by atoms with Crippen LogP contribution in [-0.2, 0) is 38.7 Å². The third-order valence-electron chi connectivity index (χ3n) is 13.0. The van der Waals surface area contributed by atoms with Crippen molar-refractivity contribution in [3.05, 3.63) is 118 Å². The number of esters is 2. The number of aliphatic hydroxyl groups is 1. The summed E-state index contributed by atoms with van der Waals surface area (Å²) >= 11 is 0. The molecular formula is C54H77AlBLiN4O11. The van der Waals surface area contributed by atoms with Crippen LogP contribution in [0, 0.1) is 12.8 Å². The molecule has 1 amide bonds. The van der Waals surface area contributed by atoms with Gasteiger partial charge in [0, 0.05) is 25.2 Å². The second-order valence-electron chi connectivity index (χ2n) is 18.4. The van der Waals surface area contributed by atoms with Crippen molar-refractivity contribution < 1.29 is 73.1 Å². The average Bonchev–Trinajstić information content (AvgIpc) is 4.25. The Labute approximate surface area is 451 Å². The van der Waals surface area contributed by atoms with E-state index in [1.54, 1.807) is 43.3 Å². The van der Waals surface area contributed by atoms with Gasteiger partial charge < -0.3 is 45.2 Å². The Bertz CT molecular complexity index is 2230. The molecule has 4 aliphatic rings. The van der Waals surface area contributed by atoms with Crippen LogP contribution >= 0.6 is 0 Å². The van der Waals surface area contributed by atoms with Gasteiger partial charge in [0.25, 0.3) is 5.91 Å². The molecule has 3 fully saturated rings. The van der Waals surface area contributed by atoms with Crippen LogP contribution in [0.2, 0.25) is 0 Å². The van der Waals surface area contributed by atoms with Gasteiger partial charge in [-0.1, -0.05) is 44.2 Å². The molecule has 0 spiro atoms. The summed E-state index contributed by atoms with van der Waals surface area (Å²) in [5.41, 5.74) is 4.84. The molecule has 3 N–H and O–H groups in total. The first-order chi connectivity index (χ1) is 34.0. The first-order valence-corrected chi connectivity index (χ1v) is 24.9. The van der Waals surface area contributed by atoms with Crippen molar-refractivity contribution in [1.29, 1.82) is 0 Å². The van der Waals surface area contributed by atoms with Crippen LogP contribution < -0.4 is 43.9 Å². The van der Waals surface area contributed by atoms with E-state index >= 15 is 0 Å². The number of nitrogens with zero attached hydrogens (tertiary/aromatic N) is 3. The van der Waals surface area contributed by atoms with Crippen LogP contribution in [-0.4, -0.2) is 159 Å². The Balaban J connectivity index is 0.000000318. The van der Waals surface area contributed by atoms with Crippen LogP contribution in [0.1, 0.15) is 96.8 Å². The van der Waals surface area contributed by atoms with Gasteiger partial charge in [0.05, 0.1) is 25.9 Å². The molecule has 0 aliphatic carbocycles. The smallest absolute Gasteiger partial charge is 1.00 e. The zero-order valence-corrected chi connectivity index (χ0v) is 42.6. The maximum atomic E-state index is 13.0. The Morgan fingerprint density at radius 3 is 1.57 bits per heavy atom. The molecule has 0 radical (unpaired) electrons. The minimum Gasteiger partial charge on any atom is -1.00 e. The Morgan fingerprint density at radius 1 is 0.694 bits per heavy atom. The fourth-order valence-electron chi connectivity index (χ4n) is 8.79. The molecule has 18 heteroatoms. The van der Waals surface area contributed by atoms with Crippen molar-refractivity contribution in [2.45, 2.75) is 85.2 Å². The van der Waals surface area contributed by atoms with Gasteiger partial charge in [-0.15, -0.1) is 0 Å². The number of aliphatic hydroxyl groups excluding tert-OH is 1. The van der Waals surface area contributed by atoms with Crippen molar-refractivity contribution in [3.63, 3.8) is 0 Å². The van der Waals surface area contributed by atoms with Crippen LogP contribution in [0.4, 0.5) is 0 Å². The van der Waals surface area contributed by atoms with Crippen LogP contribution in [0.3, 0.4) is 0 Å². The Hall–Kier alpha value is -4.36. The normalized spacial score (nSPS) is 15.7. The summed E-state index contributed by atoms with van der Waals surface area (Å²) in [6, 6.07) is 24.8. The predicted octanol–water partition coefficient (Wildman–Crippen LogP) is 1.72. The first-order valence-electron chi connectivity index (χ1n) is 24.9. The van der Waals surface area contributed by atoms with Gasteiger partial charge in [0.15, 0.2) is 17.4 Å². The summed E-state index contributed by atoms with van der Waals surface area (Å²) in [5, 5.41) is 21.8. The van der Waals surface area contributed by atoms with Crippen molar-refractivity contribution in [3.8, 4) is 17.2 Å². The number of hydrogen-bond acceptors (Lipinski definition) is 14. The number of hydrogen-bond donors (Lipinski definition) is 3. The maximum Gasteiger partial charge on any atom is 1.00 e. The van der Waals surface area contributed by atoms with E-state index in [1.165, 1.54) is 71.8 Å². The van der Waals surface area contributed by atoms with E-state index < -0.39 is 19.1 Å². The third kappa shape index (κ3) is 19.2. The number of methoxy groups -OCH3 is 1. The van der Waals surface area contributed by atoms with E-state index in [0.717, 1.165) is 73.3 Å². The fourth-order valence-corrected chi connectivity index (χ4v) is 8.79. The Morgan fingerprint density at radius 2 is 1.14 bits per heavy atom. The largest absolute Gasteiger partial charge is 1.00 e. The summed E-state index contributed by atoms with van der Waals surface area (Å²) in [6.07, 6.45) is 7.78. The molecule has 3 saturated heterocycles. The summed E-state index contributed by atoms with van der Waals surface area (Å²) in [4.78, 5) is 44.4. The number of rotatable bonds is 20. The van der Waals surface area contributed by atoms with Crippen molar-refractivity contribution in [2.75, 3.05) is 85.8 Å². The predicted molar refractivity (Wildman–Crippen MR) is 281 cm³/mol. The van der Waals surface area contributed by atoms with Gasteiger partial charge in [-0.25, -0.2) is 9.59 Å². The van der Waals surface area contributed by atoms with Gasteiger partial charge >= 0.3 is 37.9 Å². The van der Waals surface area contributed by atoms with Gasteiger partial charge in [-0.2, -0.15) is 0 Å². The number of fused-ring (bicyclic) bond motifs is 1. The van der Waals surface area contributed by atoms with E-state index in [4.69, 9.17) is 28.7 Å². The number of amides is 1. The molecule has 1 atom stereocenters. The second-order valence-corrected chi connectivity index (χ2v) is 18.4. The van der Waals surface area contributed by atoms with E-state index in [2.05, 4.69) is 24.8 Å². The van der Waals surface area contributed by atoms with Crippen LogP contribution in [0.25, 0.3) is 0 Å². The molecule has 72 heavy (non-hydrogen) atoms. The summed E-state index contributed by atoms with van der Waals surface area (Å²) in [5.74, 6) is 1.09. The maximum absolute atomic E-state index is 13.0. The molecule has 4 aliphatic heterocycles. The SMILES string of the molecule is COC(=O)c1ccc(OCCN2CCCC2)cc1.Cc1c(C(=O)N[C@H](C(=O)OCc2ccc(OCCN3CCCC3)cc2)C(C)C)ccc2c1B(O)OC2.OCc1ccc(OCCN2CCCC2)cc1.[AlH3].[H-].[Li+]. The molecule has 4 heterocycles. The van der Waals surface area contributed by atoms with Crippen molar-refractivity contribution in [1.82, 2.24) is 20.0 Å². The molecule has 0 bridgehead atoms. The number of nitrogens with one attached hydrogen (secondary N) is 1. The summed E-state index contributed by atoms with van der Waals surface area (Å²) in [6.45, 7) is 18.1. The van der Waals surface area contributed by atoms with E-state index in [-0.39, 0.29) is 68.7 Å². The number of carbonyl (C=O) groups excluding carboxylic acids is 3. The van der Waals surface area contributed by atoms with E-state index in [0.29, 0.717) is 42.0 Å². The minimum atomic E-state index is -1.04. The molecule has 386 valence electrons. The molecular weight excluding hydrogens is 925 g/mol. The second kappa shape index (κ2) is 32.1. The minimum absolute atomic E-state index is 0. The summed E-state index contributed by atoms with van der Waals surface area (Å²) < 4.78 is 32.5. The molecule has 0 saturated carbocycles. The van der Waals surface area contributed by atoms with Crippen LogP contribution in [0.15, 0.2) is 84.9 Å². The van der Waals surface area contributed by atoms with E-state index in [9.17, 15) is 19.4 Å². The standard InChI is InChI=1S/C27H35BN2O6.C14H19NO3.C13H19NO2.Al.Li.4H/c1-18(2)25(29-26(31)23-11-8-21-17-36-28(33)24(21)19(23)3)27(32)35-16-20-6-9-22(10-7-20)34-15-14-30-12-4-5-13-30;1-17-14(16)12-4-6-13(7-5-12)18-11-10-15-8-2-3-9-15;15-11-12-3-5-13(6-4-12)16-10-9-14-7-1-2-8-14;;;;;;/h6-11,18,25,33H,4-5,12-17H2,1-3H3,(H,29,31);4-7H,2-3,8-11H2,1H3;3-6,15H,1-2,7-11H2;;;;;;/q;;;;+1;;;;-1/t25-;;;;;;;;/m0......../s1. The zero-order chi connectivity index (χ0) is 49.7.